The lowest BCUT2D eigenvalue weighted by molar-refractivity contribution is -0.265. The second-order valence-corrected chi connectivity index (χ2v) is 34.0. The molecule has 0 unspecified atom stereocenters. The van der Waals surface area contributed by atoms with Crippen LogP contribution in [-0.2, 0) is 73.2 Å². The van der Waals surface area contributed by atoms with Gasteiger partial charge in [0.2, 0.25) is 23.6 Å². The van der Waals surface area contributed by atoms with Crippen molar-refractivity contribution >= 4 is 86.9 Å². The molecule has 38 heteroatoms. The summed E-state index contributed by atoms with van der Waals surface area (Å²) in [5.74, 6) is -7.65. The van der Waals surface area contributed by atoms with E-state index in [9.17, 15) is 43.8 Å². The highest BCUT2D eigenvalue weighted by Crippen LogP contribution is 2.40. The summed E-state index contributed by atoms with van der Waals surface area (Å²) in [6, 6.07) is 3.13. The number of anilines is 4. The van der Waals surface area contributed by atoms with Gasteiger partial charge in [0.1, 0.15) is 59.2 Å². The van der Waals surface area contributed by atoms with Crippen LogP contribution in [0.25, 0.3) is 44.6 Å². The molecule has 2 bridgehead atoms. The van der Waals surface area contributed by atoms with Gasteiger partial charge in [-0.25, -0.2) is 44.1 Å². The molecule has 4 aliphatic heterocycles. The number of piperidine rings is 1. The second-order valence-electron chi connectivity index (χ2n) is 34.0. The molecule has 692 valence electrons. The lowest BCUT2D eigenvalue weighted by Crippen LogP contribution is -2.61. The van der Waals surface area contributed by atoms with Crippen molar-refractivity contribution in [2.75, 3.05) is 128 Å². The number of rotatable bonds is 29. The molecule has 1 aromatic carbocycles. The van der Waals surface area contributed by atoms with Gasteiger partial charge in [-0.3, -0.25) is 28.8 Å². The number of Topliss-reactive ketones (excluding diaryl/α,β-unsaturated/α-hetero) is 3. The molecule has 10 N–H and O–H groups in total. The minimum absolute atomic E-state index is 0.0169. The van der Waals surface area contributed by atoms with Crippen molar-refractivity contribution in [1.82, 2.24) is 75.2 Å². The highest BCUT2D eigenvalue weighted by atomic mass is 16.6. The number of nitrogens with two attached hydrogens (primary N) is 3. The number of methoxy groups -OCH3 is 3. The molecule has 38 nitrogen and oxygen atoms in total. The second kappa shape index (κ2) is 45.9. The standard InChI is InChI=1S/C90H124N20O18/c1-54-17-11-10-12-18-55(2)72(120-7)46-64-23-20-59(6)90(119,128-64)81(115)85(117)108-29-15-13-19-69(108)86(118)126-73(47-70(111)56(3)42-58(5)79(114)80(122-9)78(113)57(4)41-54)65(91)43-60-21-24-68(74(44-60)121-8)110-52-67(103-105-110)62-48-96-88(97-49-62)106-31-33-107(34-32-106)89-98-50-63(51-99-89)84(116)95-28-36-124-38-40-125-39-37-123-35-26-75(112)94-27-14-16-30-109-83-76(82(92)100-53-101-83)77(104-109)61-22-25-71-66(45-61)102-87(93)127-71/h10-12,17-18,22,25,42,45,48-54,56-57,59-60,64-65,68-69,72-74,79-80,114,119H,13-16,19-21,23-24,26-41,43-44,46-47,91H2,1-9H3,(H2,93,102)(H,94,112)(H,95,116)(H2,92,100,101)/b12-10+,17-11+,55-18+,58-42+/t54-,56-,57-,59-,60+,64+,65-,68+,69+,72+,73+,74-,79-,80+,90-/m1/s1. The lowest BCUT2D eigenvalue weighted by Gasteiger charge is -2.42. The van der Waals surface area contributed by atoms with E-state index in [4.69, 9.17) is 74.6 Å². The van der Waals surface area contributed by atoms with Crippen LogP contribution in [0.1, 0.15) is 154 Å². The first kappa shape index (κ1) is 96.3. The number of amides is 3. The number of benzene rings is 1. The smallest absolute Gasteiger partial charge is 0.329 e. The number of aliphatic hydroxyl groups is 2. The van der Waals surface area contributed by atoms with E-state index in [0.29, 0.717) is 198 Å². The number of fused-ring (bicyclic) bond motifs is 5. The largest absolute Gasteiger partial charge is 0.459 e. The van der Waals surface area contributed by atoms with Gasteiger partial charge in [0.05, 0.1) is 81.1 Å². The molecule has 1 aliphatic carbocycles. The van der Waals surface area contributed by atoms with Crippen LogP contribution in [0.15, 0.2) is 108 Å². The SMILES string of the molecule is CO[C@H]1C[C@@H]2CC[C@@H](C)[C@@](O)(O2)C(=O)C(=O)N2CCCC[C@H]2C(=O)O[C@H]([C@H](N)C[C@@H]2CC[C@H](n3cc(-c4cnc(N5CCN(c6ncc(C(=O)NCCOCCOCCOCCC(=O)NCCCCn7nc(-c8ccc9oc(N)nc9c8)c8c(N)ncnc87)cn6)CC5)nc4)nn3)[C@H](OC)C2)CC(=O)[C@H](C)/C=C(\C)[C@@H](O)[C@@H](OC)C(=O)[C@H](C)C[C@H](C)/C=C/C=C/C=C/1C. The van der Waals surface area contributed by atoms with Gasteiger partial charge < -0.3 is 95.1 Å². The van der Waals surface area contributed by atoms with Gasteiger partial charge in [-0.2, -0.15) is 10.1 Å². The minimum atomic E-state index is -2.50. The predicted octanol–water partition coefficient (Wildman–Crippen LogP) is 6.80. The molecule has 15 atom stereocenters. The van der Waals surface area contributed by atoms with Crippen molar-refractivity contribution in [2.24, 2.45) is 35.3 Å². The number of carbonyl (C=O) groups is 7. The van der Waals surface area contributed by atoms with Crippen LogP contribution in [0.2, 0.25) is 0 Å². The third-order valence-corrected chi connectivity index (χ3v) is 24.9. The maximum absolute atomic E-state index is 14.8. The number of nitrogens with zero attached hydrogens (tertiary/aromatic N) is 15. The Kier molecular flexibility index (Phi) is 34.6. The fraction of sp³-hybridized carbons (Fsp3) is 0.589. The number of nitrogens with one attached hydrogen (secondary N) is 2. The fourth-order valence-electron chi connectivity index (χ4n) is 17.3. The number of cyclic esters (lactones) is 1. The molecular weight excluding hydrogens is 1650 g/mol. The van der Waals surface area contributed by atoms with E-state index in [2.05, 4.69) is 50.8 Å². The van der Waals surface area contributed by atoms with E-state index in [1.165, 1.54) is 25.8 Å². The summed E-state index contributed by atoms with van der Waals surface area (Å²) in [6.07, 6.45) is 21.5. The Morgan fingerprint density at radius 1 is 0.742 bits per heavy atom. The molecule has 3 amide bonds. The number of aliphatic hydroxyl groups excluding tert-OH is 1. The van der Waals surface area contributed by atoms with Gasteiger partial charge in [0, 0.05) is 153 Å². The van der Waals surface area contributed by atoms with Crippen LogP contribution in [-0.4, -0.2) is 277 Å². The Hall–Kier alpha value is -10.8. The van der Waals surface area contributed by atoms with Crippen LogP contribution in [0, 0.1) is 29.6 Å². The number of ether oxygens (including phenoxy) is 8. The summed E-state index contributed by atoms with van der Waals surface area (Å²) >= 11 is 0. The number of nitrogen functional groups attached to an aromatic ring is 2. The van der Waals surface area contributed by atoms with Crippen molar-refractivity contribution in [3.8, 4) is 22.5 Å². The van der Waals surface area contributed by atoms with Gasteiger partial charge in [-0.15, -0.1) is 5.10 Å². The number of esters is 1. The van der Waals surface area contributed by atoms with E-state index < -0.39 is 83.8 Å². The number of unbranched alkanes of at least 4 members (excludes halogenated alkanes) is 1. The number of hydrogen-bond donors (Lipinski definition) is 7. The molecule has 10 heterocycles. The first-order valence-electron chi connectivity index (χ1n) is 44.4. The zero-order valence-corrected chi connectivity index (χ0v) is 74.6. The van der Waals surface area contributed by atoms with Crippen LogP contribution < -0.4 is 37.6 Å². The maximum Gasteiger partial charge on any atom is 0.329 e. The van der Waals surface area contributed by atoms with E-state index >= 15 is 0 Å². The minimum Gasteiger partial charge on any atom is -0.459 e. The average molecular weight is 1770 g/mol. The van der Waals surface area contributed by atoms with Gasteiger partial charge in [0.15, 0.2) is 17.0 Å². The van der Waals surface area contributed by atoms with Crippen molar-refractivity contribution in [1.29, 1.82) is 0 Å². The lowest BCUT2D eigenvalue weighted by atomic mass is 9.79. The molecule has 128 heavy (non-hydrogen) atoms. The number of aromatic nitrogens is 12. The number of piperazine rings is 1. The zero-order valence-electron chi connectivity index (χ0n) is 74.6. The van der Waals surface area contributed by atoms with Crippen LogP contribution in [0.5, 0.6) is 0 Å². The van der Waals surface area contributed by atoms with Crippen molar-refractivity contribution in [3.05, 3.63) is 109 Å². The van der Waals surface area contributed by atoms with E-state index in [0.717, 1.165) is 22.5 Å². The van der Waals surface area contributed by atoms with E-state index in [1.807, 2.05) is 67.5 Å². The Bertz CT molecular complexity index is 5030. The number of allylic oxidation sites excluding steroid dienone is 6. The summed E-state index contributed by atoms with van der Waals surface area (Å²) in [5.41, 5.74) is 25.1. The Morgan fingerprint density at radius 2 is 1.46 bits per heavy atom. The summed E-state index contributed by atoms with van der Waals surface area (Å²) in [6.45, 7) is 16.0. The van der Waals surface area contributed by atoms with Crippen molar-refractivity contribution < 1.29 is 86.1 Å². The van der Waals surface area contributed by atoms with Gasteiger partial charge in [0.25, 0.3) is 23.6 Å². The third kappa shape index (κ3) is 24.8. The monoisotopic (exact) mass is 1770 g/mol. The topological polar surface area (TPSA) is 498 Å². The van der Waals surface area contributed by atoms with Crippen LogP contribution in [0.4, 0.5) is 23.7 Å². The Labute approximate surface area is 744 Å². The first-order chi connectivity index (χ1) is 61.7. The molecule has 4 fully saturated rings. The van der Waals surface area contributed by atoms with Gasteiger partial charge in [-0.05, 0) is 132 Å². The molecule has 0 radical (unpaired) electrons. The molecule has 7 aromatic rings. The van der Waals surface area contributed by atoms with E-state index in [-0.39, 0.29) is 105 Å². The molecule has 5 aliphatic rings. The fourth-order valence-corrected chi connectivity index (χ4v) is 17.3. The first-order valence-corrected chi connectivity index (χ1v) is 44.4. The maximum atomic E-state index is 14.8. The van der Waals surface area contributed by atoms with Crippen LogP contribution >= 0.6 is 0 Å². The predicted molar refractivity (Wildman–Crippen MR) is 473 cm³/mol. The number of hydrogen-bond acceptors (Lipinski definition) is 33. The Morgan fingerprint density at radius 3 is 2.18 bits per heavy atom. The normalized spacial score (nSPS) is 27.0. The summed E-state index contributed by atoms with van der Waals surface area (Å²) < 4.78 is 56.2. The zero-order chi connectivity index (χ0) is 91.1. The molecule has 6 aromatic heterocycles. The summed E-state index contributed by atoms with van der Waals surface area (Å²) in [7, 11) is 4.56. The average Bonchev–Trinajstić information content (AvgIpc) is 1.55. The number of carbonyl (C=O) groups excluding carboxylic acids is 7. The molecule has 1 saturated carbocycles. The van der Waals surface area contributed by atoms with E-state index in [1.54, 1.807) is 75.8 Å². The molecule has 12 rings (SSSR count). The summed E-state index contributed by atoms with van der Waals surface area (Å²) in [5, 5.41) is 44.2. The van der Waals surface area contributed by atoms with Crippen molar-refractivity contribution in [2.45, 2.75) is 205 Å². The van der Waals surface area contributed by atoms with Gasteiger partial charge >= 0.3 is 5.97 Å². The number of ketones is 3. The third-order valence-electron chi connectivity index (χ3n) is 24.9. The van der Waals surface area contributed by atoms with Crippen molar-refractivity contribution in [3.63, 3.8) is 0 Å². The Balaban J connectivity index is 0.563. The molecular formula is C90H124N20O18. The number of aryl methyl sites for hydroxylation is 1. The molecule has 0 spiro atoms. The number of oxazole rings is 1. The van der Waals surface area contributed by atoms with Gasteiger partial charge in [-0.1, -0.05) is 69.4 Å². The van der Waals surface area contributed by atoms with Crippen LogP contribution in [0.3, 0.4) is 0 Å². The molecule has 3 saturated heterocycles. The highest BCUT2D eigenvalue weighted by molar-refractivity contribution is 6.39. The quantitative estimate of drug-likeness (QED) is 0.0110. The summed E-state index contributed by atoms with van der Waals surface area (Å²) in [4.78, 5) is 135. The highest BCUT2D eigenvalue weighted by Gasteiger charge is 2.53.